The van der Waals surface area contributed by atoms with Crippen LogP contribution in [0.2, 0.25) is 0 Å². The van der Waals surface area contributed by atoms with Crippen molar-refractivity contribution in [3.8, 4) is 11.4 Å². The van der Waals surface area contributed by atoms with E-state index in [0.717, 1.165) is 34.1 Å². The molecule has 6 nitrogen and oxygen atoms in total. The number of nitrogens with zero attached hydrogens (tertiary/aromatic N) is 3. The molecule has 1 aromatic heterocycles. The van der Waals surface area contributed by atoms with Crippen molar-refractivity contribution in [1.82, 2.24) is 15.2 Å². The summed E-state index contributed by atoms with van der Waals surface area (Å²) in [6, 6.07) is 17.5. The molecule has 0 aliphatic rings. The Bertz CT molecular complexity index is 966. The number of benzene rings is 2. The SMILES string of the molecule is COc1cccc(NC(=S)N/N=C\c2c(C)nn(-c3ccccc3)c2C)c1. The molecule has 0 aliphatic heterocycles. The topological polar surface area (TPSA) is 63.5 Å². The van der Waals surface area contributed by atoms with Gasteiger partial charge in [0, 0.05) is 17.3 Å². The summed E-state index contributed by atoms with van der Waals surface area (Å²) in [6.45, 7) is 3.97. The molecular formula is C20H21N5OS. The highest BCUT2D eigenvalue weighted by molar-refractivity contribution is 7.80. The monoisotopic (exact) mass is 379 g/mol. The average Bonchev–Trinajstić information content (AvgIpc) is 2.97. The number of thiocarbonyl (C=S) groups is 1. The number of hydrogen-bond acceptors (Lipinski definition) is 4. The molecule has 2 aromatic carbocycles. The van der Waals surface area contributed by atoms with Gasteiger partial charge in [-0.15, -0.1) is 0 Å². The molecule has 0 atom stereocenters. The zero-order valence-corrected chi connectivity index (χ0v) is 16.2. The number of aryl methyl sites for hydroxylation is 1. The number of para-hydroxylation sites is 1. The van der Waals surface area contributed by atoms with Crippen molar-refractivity contribution in [2.75, 3.05) is 12.4 Å². The number of hydrazone groups is 1. The van der Waals surface area contributed by atoms with Crippen molar-refractivity contribution < 1.29 is 4.74 Å². The third-order valence-corrected chi connectivity index (χ3v) is 4.23. The molecule has 138 valence electrons. The van der Waals surface area contributed by atoms with E-state index in [-0.39, 0.29) is 0 Å². The van der Waals surface area contributed by atoms with Gasteiger partial charge in [-0.25, -0.2) is 4.68 Å². The van der Waals surface area contributed by atoms with Crippen LogP contribution in [0.5, 0.6) is 5.75 Å². The maximum Gasteiger partial charge on any atom is 0.191 e. The maximum atomic E-state index is 5.28. The zero-order chi connectivity index (χ0) is 19.2. The fourth-order valence-corrected chi connectivity index (χ4v) is 2.85. The van der Waals surface area contributed by atoms with Crippen molar-refractivity contribution >= 4 is 29.2 Å². The van der Waals surface area contributed by atoms with Crippen LogP contribution in [-0.2, 0) is 0 Å². The summed E-state index contributed by atoms with van der Waals surface area (Å²) in [6.07, 6.45) is 1.73. The number of hydrogen-bond donors (Lipinski definition) is 2. The second kappa shape index (κ2) is 8.46. The van der Waals surface area contributed by atoms with E-state index in [1.165, 1.54) is 0 Å². The molecule has 7 heteroatoms. The predicted molar refractivity (Wildman–Crippen MR) is 113 cm³/mol. The average molecular weight is 379 g/mol. The van der Waals surface area contributed by atoms with Crippen LogP contribution >= 0.6 is 12.2 Å². The lowest BCUT2D eigenvalue weighted by Crippen LogP contribution is -2.23. The first-order valence-electron chi connectivity index (χ1n) is 8.44. The van der Waals surface area contributed by atoms with Crippen molar-refractivity contribution in [1.29, 1.82) is 0 Å². The van der Waals surface area contributed by atoms with Crippen LogP contribution in [-0.4, -0.2) is 28.2 Å². The molecule has 0 unspecified atom stereocenters. The minimum Gasteiger partial charge on any atom is -0.497 e. The molecule has 1 heterocycles. The fourth-order valence-electron chi connectivity index (χ4n) is 2.68. The van der Waals surface area contributed by atoms with E-state index < -0.39 is 0 Å². The van der Waals surface area contributed by atoms with Crippen molar-refractivity contribution in [3.63, 3.8) is 0 Å². The van der Waals surface area contributed by atoms with Crippen molar-refractivity contribution in [2.24, 2.45) is 5.10 Å². The summed E-state index contributed by atoms with van der Waals surface area (Å²) < 4.78 is 7.10. The highest BCUT2D eigenvalue weighted by atomic mass is 32.1. The summed E-state index contributed by atoms with van der Waals surface area (Å²) in [4.78, 5) is 0. The first-order chi connectivity index (χ1) is 13.1. The van der Waals surface area contributed by atoms with Crippen LogP contribution < -0.4 is 15.5 Å². The van der Waals surface area contributed by atoms with Crippen LogP contribution in [0.3, 0.4) is 0 Å². The first-order valence-corrected chi connectivity index (χ1v) is 8.85. The smallest absolute Gasteiger partial charge is 0.191 e. The van der Waals surface area contributed by atoms with Gasteiger partial charge in [0.2, 0.25) is 0 Å². The summed E-state index contributed by atoms with van der Waals surface area (Å²) in [5.74, 6) is 0.755. The van der Waals surface area contributed by atoms with Gasteiger partial charge in [-0.2, -0.15) is 10.2 Å². The first kappa shape index (κ1) is 18.6. The Morgan fingerprint density at radius 3 is 2.67 bits per heavy atom. The molecule has 0 radical (unpaired) electrons. The Hall–Kier alpha value is -3.19. The molecule has 2 N–H and O–H groups in total. The third kappa shape index (κ3) is 4.51. The molecule has 0 amide bonds. The predicted octanol–water partition coefficient (Wildman–Crippen LogP) is 3.82. The van der Waals surface area contributed by atoms with Gasteiger partial charge in [0.05, 0.1) is 30.4 Å². The normalized spacial score (nSPS) is 10.8. The van der Waals surface area contributed by atoms with E-state index in [2.05, 4.69) is 20.9 Å². The van der Waals surface area contributed by atoms with Crippen molar-refractivity contribution in [2.45, 2.75) is 13.8 Å². The van der Waals surface area contributed by atoms with Crippen LogP contribution in [0, 0.1) is 13.8 Å². The Labute approximate surface area is 163 Å². The molecule has 0 aliphatic carbocycles. The lowest BCUT2D eigenvalue weighted by atomic mass is 10.2. The molecule has 3 aromatic rings. The maximum absolute atomic E-state index is 5.28. The van der Waals surface area contributed by atoms with Crippen LogP contribution in [0.1, 0.15) is 17.0 Å². The van der Waals surface area contributed by atoms with Gasteiger partial charge in [0.25, 0.3) is 0 Å². The number of aromatic nitrogens is 2. The second-order valence-electron chi connectivity index (χ2n) is 5.89. The molecule has 0 fully saturated rings. The molecule has 0 spiro atoms. The molecule has 27 heavy (non-hydrogen) atoms. The Morgan fingerprint density at radius 2 is 1.93 bits per heavy atom. The number of methoxy groups -OCH3 is 1. The fraction of sp³-hybridized carbons (Fsp3) is 0.150. The van der Waals surface area contributed by atoms with Gasteiger partial charge < -0.3 is 10.1 Å². The Balaban J connectivity index is 1.67. The highest BCUT2D eigenvalue weighted by Crippen LogP contribution is 2.17. The number of anilines is 1. The van der Waals surface area contributed by atoms with Crippen LogP contribution in [0.15, 0.2) is 59.7 Å². The Kier molecular flexibility index (Phi) is 5.83. The second-order valence-corrected chi connectivity index (χ2v) is 6.30. The molecule has 0 saturated carbocycles. The summed E-state index contributed by atoms with van der Waals surface area (Å²) in [5, 5.41) is 12.3. The van der Waals surface area contributed by atoms with Crippen LogP contribution in [0.4, 0.5) is 5.69 Å². The highest BCUT2D eigenvalue weighted by Gasteiger charge is 2.10. The Morgan fingerprint density at radius 1 is 1.15 bits per heavy atom. The summed E-state index contributed by atoms with van der Waals surface area (Å²) in [5.41, 5.74) is 7.53. The van der Waals surface area contributed by atoms with E-state index in [1.807, 2.05) is 73.1 Å². The van der Waals surface area contributed by atoms with Crippen LogP contribution in [0.25, 0.3) is 5.69 Å². The van der Waals surface area contributed by atoms with E-state index in [4.69, 9.17) is 17.0 Å². The van der Waals surface area contributed by atoms with Gasteiger partial charge in [0.1, 0.15) is 5.75 Å². The quantitative estimate of drug-likeness (QED) is 0.401. The number of rotatable bonds is 5. The molecular weight excluding hydrogens is 358 g/mol. The minimum atomic E-state index is 0.394. The minimum absolute atomic E-state index is 0.394. The summed E-state index contributed by atoms with van der Waals surface area (Å²) in [7, 11) is 1.63. The number of ether oxygens (including phenoxy) is 1. The largest absolute Gasteiger partial charge is 0.497 e. The molecule has 0 bridgehead atoms. The summed E-state index contributed by atoms with van der Waals surface area (Å²) >= 11 is 5.28. The zero-order valence-electron chi connectivity index (χ0n) is 15.4. The van der Waals surface area contributed by atoms with Gasteiger partial charge in [-0.3, -0.25) is 5.43 Å². The van der Waals surface area contributed by atoms with E-state index in [0.29, 0.717) is 5.11 Å². The van der Waals surface area contributed by atoms with Crippen molar-refractivity contribution in [3.05, 3.63) is 71.5 Å². The lowest BCUT2D eigenvalue weighted by molar-refractivity contribution is 0.415. The van der Waals surface area contributed by atoms with Gasteiger partial charge in [0.15, 0.2) is 5.11 Å². The number of nitrogens with one attached hydrogen (secondary N) is 2. The molecule has 3 rings (SSSR count). The van der Waals surface area contributed by atoms with E-state index in [1.54, 1.807) is 13.3 Å². The van der Waals surface area contributed by atoms with Gasteiger partial charge in [-0.05, 0) is 50.3 Å². The third-order valence-electron chi connectivity index (χ3n) is 4.04. The van der Waals surface area contributed by atoms with Gasteiger partial charge >= 0.3 is 0 Å². The van der Waals surface area contributed by atoms with E-state index in [9.17, 15) is 0 Å². The lowest BCUT2D eigenvalue weighted by Gasteiger charge is -2.08. The van der Waals surface area contributed by atoms with E-state index >= 15 is 0 Å². The van der Waals surface area contributed by atoms with Gasteiger partial charge in [-0.1, -0.05) is 24.3 Å². The molecule has 0 saturated heterocycles. The standard InChI is InChI=1S/C20H21N5OS/c1-14-19(15(2)25(24-14)17-9-5-4-6-10-17)13-21-23-20(27)22-16-8-7-11-18(12-16)26-3/h4-13H,1-3H3,(H2,22,23,27)/b21-13-.